The summed E-state index contributed by atoms with van der Waals surface area (Å²) in [7, 11) is 3.27. The number of anilines is 1. The minimum absolute atomic E-state index is 0.0226. The average Bonchev–Trinajstić information content (AvgIpc) is 2.78. The van der Waals surface area contributed by atoms with Gasteiger partial charge in [-0.2, -0.15) is 0 Å². The van der Waals surface area contributed by atoms with Gasteiger partial charge in [-0.15, -0.1) is 0 Å². The Balaban J connectivity index is 1.48. The number of aromatic nitrogens is 1. The molecule has 3 heterocycles. The smallest absolute Gasteiger partial charge is 0.272 e. The lowest BCUT2D eigenvalue weighted by atomic mass is 9.98. The van der Waals surface area contributed by atoms with Crippen LogP contribution in [0.4, 0.5) is 5.69 Å². The van der Waals surface area contributed by atoms with Gasteiger partial charge >= 0.3 is 0 Å². The fourth-order valence-electron chi connectivity index (χ4n) is 4.07. The highest BCUT2D eigenvalue weighted by Crippen LogP contribution is 2.33. The molecular formula is C22H27N3O3. The van der Waals surface area contributed by atoms with Gasteiger partial charge in [0.05, 0.1) is 26.1 Å². The first-order valence-corrected chi connectivity index (χ1v) is 9.93. The van der Waals surface area contributed by atoms with Crippen molar-refractivity contribution in [1.29, 1.82) is 0 Å². The summed E-state index contributed by atoms with van der Waals surface area (Å²) >= 11 is 0. The first kappa shape index (κ1) is 18.6. The Labute approximate surface area is 166 Å². The van der Waals surface area contributed by atoms with Crippen molar-refractivity contribution in [1.82, 2.24) is 9.88 Å². The van der Waals surface area contributed by atoms with E-state index in [-0.39, 0.29) is 5.91 Å². The highest BCUT2D eigenvalue weighted by Gasteiger charge is 2.24. The van der Waals surface area contributed by atoms with Gasteiger partial charge in [0.2, 0.25) is 0 Å². The van der Waals surface area contributed by atoms with Gasteiger partial charge < -0.3 is 19.3 Å². The van der Waals surface area contributed by atoms with Crippen molar-refractivity contribution < 1.29 is 14.3 Å². The zero-order chi connectivity index (χ0) is 19.5. The van der Waals surface area contributed by atoms with Crippen molar-refractivity contribution >= 4 is 11.6 Å². The summed E-state index contributed by atoms with van der Waals surface area (Å²) in [6.07, 6.45) is 6.38. The molecule has 1 fully saturated rings. The highest BCUT2D eigenvalue weighted by molar-refractivity contribution is 5.92. The number of pyridine rings is 1. The van der Waals surface area contributed by atoms with Crippen LogP contribution in [0.5, 0.6) is 11.5 Å². The molecule has 1 aromatic carbocycles. The van der Waals surface area contributed by atoms with Gasteiger partial charge in [0.1, 0.15) is 5.69 Å². The minimum Gasteiger partial charge on any atom is -0.493 e. The van der Waals surface area contributed by atoms with Crippen LogP contribution in [0.25, 0.3) is 0 Å². The number of carbonyl (C=O) groups excluding carboxylic acids is 1. The molecule has 0 spiro atoms. The third kappa shape index (κ3) is 3.63. The molecule has 6 nitrogen and oxygen atoms in total. The largest absolute Gasteiger partial charge is 0.493 e. The number of rotatable bonds is 4. The summed E-state index contributed by atoms with van der Waals surface area (Å²) in [5.41, 5.74) is 3.92. The summed E-state index contributed by atoms with van der Waals surface area (Å²) in [5.74, 6) is 1.40. The van der Waals surface area contributed by atoms with Crippen molar-refractivity contribution in [2.45, 2.75) is 32.2 Å². The third-order valence-electron chi connectivity index (χ3n) is 5.69. The topological polar surface area (TPSA) is 54.9 Å². The van der Waals surface area contributed by atoms with Crippen LogP contribution in [-0.2, 0) is 13.0 Å². The van der Waals surface area contributed by atoms with Crippen LogP contribution in [0.3, 0.4) is 0 Å². The number of benzene rings is 1. The molecule has 1 amide bonds. The molecule has 1 aromatic heterocycles. The molecule has 0 aliphatic carbocycles. The van der Waals surface area contributed by atoms with Gasteiger partial charge in [-0.3, -0.25) is 4.79 Å². The Morgan fingerprint density at radius 1 is 0.964 bits per heavy atom. The van der Waals surface area contributed by atoms with Gasteiger partial charge in [-0.25, -0.2) is 4.98 Å². The monoisotopic (exact) mass is 381 g/mol. The summed E-state index contributed by atoms with van der Waals surface area (Å²) in [6, 6.07) is 7.87. The number of ether oxygens (including phenoxy) is 2. The molecule has 0 N–H and O–H groups in total. The molecule has 0 radical (unpaired) electrons. The van der Waals surface area contributed by atoms with Crippen molar-refractivity contribution in [3.63, 3.8) is 0 Å². The van der Waals surface area contributed by atoms with E-state index in [4.69, 9.17) is 9.47 Å². The molecule has 148 valence electrons. The van der Waals surface area contributed by atoms with E-state index < -0.39 is 0 Å². The summed E-state index contributed by atoms with van der Waals surface area (Å²) < 4.78 is 10.8. The van der Waals surface area contributed by atoms with E-state index in [9.17, 15) is 4.79 Å². The predicted octanol–water partition coefficient (Wildman–Crippen LogP) is 3.29. The van der Waals surface area contributed by atoms with E-state index in [0.717, 1.165) is 36.5 Å². The summed E-state index contributed by atoms with van der Waals surface area (Å²) in [5, 5.41) is 0. The third-order valence-corrected chi connectivity index (χ3v) is 5.69. The molecular weight excluding hydrogens is 354 g/mol. The lowest BCUT2D eigenvalue weighted by Crippen LogP contribution is -2.36. The van der Waals surface area contributed by atoms with Gasteiger partial charge in [-0.1, -0.05) is 0 Å². The van der Waals surface area contributed by atoms with E-state index in [1.165, 1.54) is 24.8 Å². The highest BCUT2D eigenvalue weighted by atomic mass is 16.5. The molecule has 6 heteroatoms. The van der Waals surface area contributed by atoms with Gasteiger partial charge in [0, 0.05) is 26.2 Å². The number of nitrogens with zero attached hydrogens (tertiary/aromatic N) is 3. The molecule has 0 saturated carbocycles. The first-order valence-electron chi connectivity index (χ1n) is 9.93. The first-order chi connectivity index (χ1) is 13.7. The molecule has 2 aliphatic heterocycles. The van der Waals surface area contributed by atoms with Crippen LogP contribution in [0, 0.1) is 0 Å². The van der Waals surface area contributed by atoms with E-state index in [1.807, 2.05) is 35.4 Å². The number of hydrogen-bond donors (Lipinski definition) is 0. The molecule has 0 unspecified atom stereocenters. The molecule has 1 saturated heterocycles. The Hall–Kier alpha value is -2.76. The summed E-state index contributed by atoms with van der Waals surface area (Å²) in [6.45, 7) is 3.38. The zero-order valence-electron chi connectivity index (χ0n) is 16.6. The lowest BCUT2D eigenvalue weighted by Gasteiger charge is -2.30. The van der Waals surface area contributed by atoms with Crippen LogP contribution in [0.2, 0.25) is 0 Å². The van der Waals surface area contributed by atoms with E-state index >= 15 is 0 Å². The number of amides is 1. The van der Waals surface area contributed by atoms with Crippen molar-refractivity contribution in [3.8, 4) is 11.5 Å². The Kier molecular flexibility index (Phi) is 5.37. The van der Waals surface area contributed by atoms with E-state index in [1.54, 1.807) is 14.2 Å². The maximum absolute atomic E-state index is 13.0. The molecule has 0 bridgehead atoms. The standard InChI is InChI=1S/C22H27N3O3/c1-27-20-12-16-8-11-25(15-17(16)13-21(20)28-2)22(26)19-7-6-18(14-23-19)24-9-4-3-5-10-24/h6-7,12-14H,3-5,8-11,15H2,1-2H3. The summed E-state index contributed by atoms with van der Waals surface area (Å²) in [4.78, 5) is 21.6. The molecule has 2 aromatic rings. The SMILES string of the molecule is COc1cc2c(cc1OC)CN(C(=O)c1ccc(N3CCCCC3)cn1)CC2. The Morgan fingerprint density at radius 3 is 2.32 bits per heavy atom. The van der Waals surface area contributed by atoms with Crippen molar-refractivity contribution in [3.05, 3.63) is 47.3 Å². The number of piperidine rings is 1. The lowest BCUT2D eigenvalue weighted by molar-refractivity contribution is 0.0728. The van der Waals surface area contributed by atoms with Crippen molar-refractivity contribution in [2.24, 2.45) is 0 Å². The number of carbonyl (C=O) groups is 1. The maximum atomic E-state index is 13.0. The van der Waals surface area contributed by atoms with Crippen LogP contribution in [0.1, 0.15) is 40.9 Å². The van der Waals surface area contributed by atoms with Gasteiger partial charge in [-0.05, 0) is 61.1 Å². The van der Waals surface area contributed by atoms with Crippen LogP contribution >= 0.6 is 0 Å². The number of hydrogen-bond acceptors (Lipinski definition) is 5. The normalized spacial score (nSPS) is 16.5. The molecule has 4 rings (SSSR count). The average molecular weight is 381 g/mol. The van der Waals surface area contributed by atoms with E-state index in [2.05, 4.69) is 9.88 Å². The molecule has 28 heavy (non-hydrogen) atoms. The Morgan fingerprint density at radius 2 is 1.68 bits per heavy atom. The molecule has 0 atom stereocenters. The second kappa shape index (κ2) is 8.09. The second-order valence-corrected chi connectivity index (χ2v) is 7.40. The number of fused-ring (bicyclic) bond motifs is 1. The van der Waals surface area contributed by atoms with Gasteiger partial charge in [0.25, 0.3) is 5.91 Å². The zero-order valence-corrected chi connectivity index (χ0v) is 16.6. The van der Waals surface area contributed by atoms with Gasteiger partial charge in [0.15, 0.2) is 11.5 Å². The van der Waals surface area contributed by atoms with Crippen molar-refractivity contribution in [2.75, 3.05) is 38.8 Å². The quantitative estimate of drug-likeness (QED) is 0.813. The Bertz CT molecular complexity index is 845. The fourth-order valence-corrected chi connectivity index (χ4v) is 4.07. The van der Waals surface area contributed by atoms with Crippen LogP contribution in [0.15, 0.2) is 30.5 Å². The van der Waals surface area contributed by atoms with Crippen LogP contribution < -0.4 is 14.4 Å². The molecule has 2 aliphatic rings. The number of methoxy groups -OCH3 is 2. The maximum Gasteiger partial charge on any atom is 0.272 e. The second-order valence-electron chi connectivity index (χ2n) is 7.40. The van der Waals surface area contributed by atoms with Crippen LogP contribution in [-0.4, -0.2) is 49.6 Å². The fraction of sp³-hybridized carbons (Fsp3) is 0.455. The van der Waals surface area contributed by atoms with E-state index in [0.29, 0.717) is 24.5 Å². The minimum atomic E-state index is -0.0226. The predicted molar refractivity (Wildman–Crippen MR) is 108 cm³/mol.